The quantitative estimate of drug-likeness (QED) is 0.451. The second-order valence-electron chi connectivity index (χ2n) is 5.35. The molecule has 3 aromatic rings. The lowest BCUT2D eigenvalue weighted by atomic mass is 10.1. The minimum Gasteiger partial charge on any atom is -0.488 e. The topological polar surface area (TPSA) is 66.2 Å². The molecule has 0 aliphatic carbocycles. The number of carbonyl (C=O) groups is 1. The summed E-state index contributed by atoms with van der Waals surface area (Å²) in [7, 11) is 0. The van der Waals surface area contributed by atoms with Crippen molar-refractivity contribution >= 4 is 29.2 Å². The molecule has 1 heterocycles. The maximum atomic E-state index is 12.0. The zero-order valence-corrected chi connectivity index (χ0v) is 15.2. The van der Waals surface area contributed by atoms with Crippen molar-refractivity contribution < 1.29 is 14.3 Å². The van der Waals surface area contributed by atoms with Crippen molar-refractivity contribution in [2.75, 3.05) is 13.2 Å². The number of benzene rings is 2. The molecule has 0 bridgehead atoms. The van der Waals surface area contributed by atoms with Crippen molar-refractivity contribution in [3.05, 3.63) is 76.3 Å². The van der Waals surface area contributed by atoms with Crippen LogP contribution < -0.4 is 4.74 Å². The predicted molar refractivity (Wildman–Crippen MR) is 97.8 cm³/mol. The Morgan fingerprint density at radius 1 is 1.08 bits per heavy atom. The van der Waals surface area contributed by atoms with Crippen LogP contribution in [0.1, 0.15) is 15.9 Å². The molecule has 8 heteroatoms. The molecule has 0 saturated carbocycles. The van der Waals surface area contributed by atoms with Gasteiger partial charge in [-0.1, -0.05) is 35.3 Å². The van der Waals surface area contributed by atoms with Crippen molar-refractivity contribution in [3.63, 3.8) is 0 Å². The maximum Gasteiger partial charge on any atom is 0.338 e. The lowest BCUT2D eigenvalue weighted by Gasteiger charge is -2.09. The SMILES string of the molecule is O=C(OCCOc1ccc(Cl)cc1Cl)c1ccc(Cn2cncn2)cc1. The molecule has 26 heavy (non-hydrogen) atoms. The number of hydrogen-bond acceptors (Lipinski definition) is 5. The molecule has 0 aliphatic rings. The minimum atomic E-state index is -0.414. The van der Waals surface area contributed by atoms with Crippen LogP contribution in [0.4, 0.5) is 0 Å². The number of halogens is 2. The van der Waals surface area contributed by atoms with Gasteiger partial charge >= 0.3 is 5.97 Å². The molecular weight excluding hydrogens is 377 g/mol. The van der Waals surface area contributed by atoms with Crippen LogP contribution >= 0.6 is 23.2 Å². The van der Waals surface area contributed by atoms with Gasteiger partial charge in [-0.05, 0) is 35.9 Å². The Morgan fingerprint density at radius 2 is 1.88 bits per heavy atom. The first-order valence-electron chi connectivity index (χ1n) is 7.78. The van der Waals surface area contributed by atoms with Crippen LogP contribution in [0.15, 0.2) is 55.1 Å². The average Bonchev–Trinajstić information content (AvgIpc) is 3.13. The molecule has 0 amide bonds. The maximum absolute atomic E-state index is 12.0. The summed E-state index contributed by atoms with van der Waals surface area (Å²) in [5.41, 5.74) is 1.48. The van der Waals surface area contributed by atoms with Gasteiger partial charge in [0, 0.05) is 5.02 Å². The minimum absolute atomic E-state index is 0.110. The fourth-order valence-electron chi connectivity index (χ4n) is 2.21. The summed E-state index contributed by atoms with van der Waals surface area (Å²) < 4.78 is 12.4. The zero-order valence-electron chi connectivity index (χ0n) is 13.6. The Kier molecular flexibility index (Phi) is 6.09. The highest BCUT2D eigenvalue weighted by molar-refractivity contribution is 6.35. The third kappa shape index (κ3) is 4.97. The molecule has 0 fully saturated rings. The summed E-state index contributed by atoms with van der Waals surface area (Å²) in [5.74, 6) is 0.0766. The van der Waals surface area contributed by atoms with E-state index in [-0.39, 0.29) is 13.2 Å². The van der Waals surface area contributed by atoms with Gasteiger partial charge < -0.3 is 9.47 Å². The second kappa shape index (κ2) is 8.69. The third-order valence-corrected chi connectivity index (χ3v) is 4.00. The third-order valence-electron chi connectivity index (χ3n) is 3.47. The van der Waals surface area contributed by atoms with Crippen molar-refractivity contribution in [1.82, 2.24) is 14.8 Å². The summed E-state index contributed by atoms with van der Waals surface area (Å²) in [4.78, 5) is 15.9. The Labute approximate surface area is 160 Å². The molecule has 0 atom stereocenters. The van der Waals surface area contributed by atoms with Gasteiger partial charge in [0.1, 0.15) is 31.6 Å². The van der Waals surface area contributed by atoms with Crippen LogP contribution in [0.3, 0.4) is 0 Å². The first-order chi connectivity index (χ1) is 12.6. The van der Waals surface area contributed by atoms with Gasteiger partial charge in [0.2, 0.25) is 0 Å². The number of esters is 1. The van der Waals surface area contributed by atoms with Crippen LogP contribution in [-0.4, -0.2) is 33.9 Å². The van der Waals surface area contributed by atoms with Gasteiger partial charge in [-0.3, -0.25) is 0 Å². The van der Waals surface area contributed by atoms with Gasteiger partial charge in [0.15, 0.2) is 0 Å². The van der Waals surface area contributed by atoms with E-state index in [9.17, 15) is 4.79 Å². The Bertz CT molecular complexity index is 868. The van der Waals surface area contributed by atoms with Crippen LogP contribution in [0.25, 0.3) is 0 Å². The lowest BCUT2D eigenvalue weighted by molar-refractivity contribution is 0.0450. The molecule has 3 rings (SSSR count). The largest absolute Gasteiger partial charge is 0.488 e. The van der Waals surface area contributed by atoms with E-state index >= 15 is 0 Å². The van der Waals surface area contributed by atoms with E-state index in [0.29, 0.717) is 27.9 Å². The molecule has 0 aliphatic heterocycles. The summed E-state index contributed by atoms with van der Waals surface area (Å²) in [5, 5.41) is 4.98. The van der Waals surface area contributed by atoms with Crippen molar-refractivity contribution in [3.8, 4) is 5.75 Å². The summed E-state index contributed by atoms with van der Waals surface area (Å²) in [6.07, 6.45) is 3.11. The molecule has 0 N–H and O–H groups in total. The first kappa shape index (κ1) is 18.2. The number of carbonyl (C=O) groups excluding carboxylic acids is 1. The fourth-order valence-corrected chi connectivity index (χ4v) is 2.67. The van der Waals surface area contributed by atoms with Crippen molar-refractivity contribution in [2.45, 2.75) is 6.54 Å². The van der Waals surface area contributed by atoms with Crippen LogP contribution in [0, 0.1) is 0 Å². The first-order valence-corrected chi connectivity index (χ1v) is 8.54. The van der Waals surface area contributed by atoms with E-state index in [2.05, 4.69) is 10.1 Å². The zero-order chi connectivity index (χ0) is 18.4. The number of aromatic nitrogens is 3. The number of rotatable bonds is 7. The van der Waals surface area contributed by atoms with Crippen molar-refractivity contribution in [2.24, 2.45) is 0 Å². The molecule has 0 spiro atoms. The molecular formula is C18H15Cl2N3O3. The standard InChI is InChI=1S/C18H15Cl2N3O3/c19-15-5-6-17(16(20)9-15)25-7-8-26-18(24)14-3-1-13(2-4-14)10-23-12-21-11-22-23/h1-6,9,11-12H,7-8,10H2. The van der Waals surface area contributed by atoms with Gasteiger partial charge in [-0.15, -0.1) is 0 Å². The Hall–Kier alpha value is -2.57. The second-order valence-corrected chi connectivity index (χ2v) is 6.19. The molecule has 134 valence electrons. The van der Waals surface area contributed by atoms with E-state index in [1.54, 1.807) is 41.3 Å². The monoisotopic (exact) mass is 391 g/mol. The van der Waals surface area contributed by atoms with Gasteiger partial charge in [0.25, 0.3) is 0 Å². The van der Waals surface area contributed by atoms with E-state index in [1.165, 1.54) is 6.33 Å². The summed E-state index contributed by atoms with van der Waals surface area (Å²) >= 11 is 11.8. The van der Waals surface area contributed by atoms with E-state index in [4.69, 9.17) is 32.7 Å². The highest BCUT2D eigenvalue weighted by Crippen LogP contribution is 2.27. The van der Waals surface area contributed by atoms with Gasteiger partial charge in [-0.2, -0.15) is 5.10 Å². The summed E-state index contributed by atoms with van der Waals surface area (Å²) in [6.45, 7) is 0.890. The lowest BCUT2D eigenvalue weighted by Crippen LogP contribution is -2.12. The van der Waals surface area contributed by atoms with Gasteiger partial charge in [0.05, 0.1) is 17.1 Å². The van der Waals surface area contributed by atoms with Gasteiger partial charge in [-0.25, -0.2) is 14.5 Å². The van der Waals surface area contributed by atoms with Crippen LogP contribution in [0.2, 0.25) is 10.0 Å². The highest BCUT2D eigenvalue weighted by atomic mass is 35.5. The summed E-state index contributed by atoms with van der Waals surface area (Å²) in [6, 6.07) is 12.1. The molecule has 2 aromatic carbocycles. The molecule has 0 unspecified atom stereocenters. The smallest absolute Gasteiger partial charge is 0.338 e. The molecule has 1 aromatic heterocycles. The number of hydrogen-bond donors (Lipinski definition) is 0. The molecule has 0 saturated heterocycles. The number of ether oxygens (including phenoxy) is 2. The normalized spacial score (nSPS) is 10.5. The van der Waals surface area contributed by atoms with Crippen molar-refractivity contribution in [1.29, 1.82) is 0 Å². The fraction of sp³-hybridized carbons (Fsp3) is 0.167. The molecule has 6 nitrogen and oxygen atoms in total. The number of nitrogens with zero attached hydrogens (tertiary/aromatic N) is 3. The average molecular weight is 392 g/mol. The predicted octanol–water partition coefficient (Wildman–Crippen LogP) is 3.87. The highest BCUT2D eigenvalue weighted by Gasteiger charge is 2.08. The van der Waals surface area contributed by atoms with E-state index < -0.39 is 5.97 Å². The molecule has 0 radical (unpaired) electrons. The van der Waals surface area contributed by atoms with E-state index in [0.717, 1.165) is 5.56 Å². The Morgan fingerprint density at radius 3 is 2.58 bits per heavy atom. The van der Waals surface area contributed by atoms with E-state index in [1.807, 2.05) is 12.1 Å². The van der Waals surface area contributed by atoms with Crippen LogP contribution in [0.5, 0.6) is 5.75 Å². The Balaban J connectivity index is 1.45. The van der Waals surface area contributed by atoms with Crippen LogP contribution in [-0.2, 0) is 11.3 Å².